The average Bonchev–Trinajstić information content (AvgIpc) is 2.83. The van der Waals surface area contributed by atoms with Gasteiger partial charge in [-0.3, -0.25) is 10.1 Å². The summed E-state index contributed by atoms with van der Waals surface area (Å²) in [6.07, 6.45) is 0. The van der Waals surface area contributed by atoms with Gasteiger partial charge in [0.05, 0.1) is 9.26 Å². The largest absolute Gasteiger partial charge is 0.305 e. The molecule has 1 N–H and O–H groups in total. The lowest BCUT2D eigenvalue weighted by Crippen LogP contribution is -2.17. The van der Waals surface area contributed by atoms with Crippen LogP contribution in [0.4, 0.5) is 5.69 Å². The quantitative estimate of drug-likeness (QED) is 0.596. The molecule has 7 heteroatoms. The normalized spacial score (nSPS) is 12.3. The highest BCUT2D eigenvalue weighted by Gasteiger charge is 2.15. The highest BCUT2D eigenvalue weighted by molar-refractivity contribution is 9.10. The molecule has 2 aromatic rings. The Balaban J connectivity index is 2.09. The maximum absolute atomic E-state index is 11.0. The van der Waals surface area contributed by atoms with Crippen LogP contribution in [0.15, 0.2) is 34.8 Å². The summed E-state index contributed by atoms with van der Waals surface area (Å²) in [5.74, 6) is 0. The molecule has 0 spiro atoms. The Labute approximate surface area is 134 Å². The van der Waals surface area contributed by atoms with Gasteiger partial charge in [0.15, 0.2) is 0 Å². The summed E-state index contributed by atoms with van der Waals surface area (Å²) in [6.45, 7) is 2.44. The molecule has 1 unspecified atom stereocenters. The Hall–Kier alpha value is -0.950. The molecule has 0 amide bonds. The molecule has 0 saturated heterocycles. The van der Waals surface area contributed by atoms with Crippen LogP contribution in [-0.2, 0) is 6.54 Å². The van der Waals surface area contributed by atoms with Crippen LogP contribution in [0.3, 0.4) is 0 Å². The summed E-state index contributed by atoms with van der Waals surface area (Å²) < 4.78 is 1.44. The summed E-state index contributed by atoms with van der Waals surface area (Å²) in [5, 5.41) is 14.3. The van der Waals surface area contributed by atoms with E-state index in [0.29, 0.717) is 16.6 Å². The number of halogens is 2. The number of rotatable bonds is 5. The van der Waals surface area contributed by atoms with Gasteiger partial charge in [0.25, 0.3) is 5.69 Å². The number of hydrogen-bond acceptors (Lipinski definition) is 4. The number of thiophene rings is 1. The van der Waals surface area contributed by atoms with Crippen LogP contribution in [0.25, 0.3) is 0 Å². The van der Waals surface area contributed by atoms with E-state index in [1.807, 2.05) is 19.1 Å². The zero-order valence-corrected chi connectivity index (χ0v) is 13.8. The molecule has 1 aromatic carbocycles. The lowest BCUT2D eigenvalue weighted by Gasteiger charge is -2.12. The first-order chi connectivity index (χ1) is 9.47. The van der Waals surface area contributed by atoms with Crippen molar-refractivity contribution in [1.82, 2.24) is 5.32 Å². The van der Waals surface area contributed by atoms with Gasteiger partial charge >= 0.3 is 0 Å². The zero-order valence-electron chi connectivity index (χ0n) is 10.6. The number of hydrogen-bond donors (Lipinski definition) is 1. The molecule has 1 atom stereocenters. The fraction of sp³-hybridized carbons (Fsp3) is 0.231. The minimum absolute atomic E-state index is 0.0933. The lowest BCUT2D eigenvalue weighted by atomic mass is 10.1. The fourth-order valence-corrected chi connectivity index (χ4v) is 3.22. The first kappa shape index (κ1) is 15.4. The van der Waals surface area contributed by atoms with Gasteiger partial charge in [-0.2, -0.15) is 0 Å². The number of nitro groups is 1. The molecule has 2 rings (SSSR count). The molecule has 4 nitrogen and oxygen atoms in total. The summed E-state index contributed by atoms with van der Waals surface area (Å²) in [6, 6.07) is 8.97. The van der Waals surface area contributed by atoms with E-state index in [9.17, 15) is 10.1 Å². The van der Waals surface area contributed by atoms with Crippen LogP contribution in [0.1, 0.15) is 23.4 Å². The van der Waals surface area contributed by atoms with Crippen molar-refractivity contribution >= 4 is 44.6 Å². The Morgan fingerprint density at radius 1 is 1.45 bits per heavy atom. The second-order valence-electron chi connectivity index (χ2n) is 4.27. The number of nitro benzene ring substituents is 1. The van der Waals surface area contributed by atoms with Gasteiger partial charge in [-0.05, 0) is 31.2 Å². The van der Waals surface area contributed by atoms with Crippen molar-refractivity contribution in [2.45, 2.75) is 19.5 Å². The fourth-order valence-electron chi connectivity index (χ4n) is 1.78. The van der Waals surface area contributed by atoms with E-state index in [-0.39, 0.29) is 16.7 Å². The van der Waals surface area contributed by atoms with Crippen molar-refractivity contribution in [1.29, 1.82) is 0 Å². The maximum atomic E-state index is 11.0. The van der Waals surface area contributed by atoms with Gasteiger partial charge in [-0.15, -0.1) is 11.3 Å². The van der Waals surface area contributed by atoms with Crippen molar-refractivity contribution in [3.63, 3.8) is 0 Å². The SMILES string of the molecule is CC(NCc1ccc(Br)cc1[N+](=O)[O-])c1ccc(Cl)s1. The van der Waals surface area contributed by atoms with Crippen molar-refractivity contribution in [3.8, 4) is 0 Å². The number of nitrogens with one attached hydrogen (secondary N) is 1. The van der Waals surface area contributed by atoms with E-state index in [0.717, 1.165) is 9.21 Å². The first-order valence-corrected chi connectivity index (χ1v) is 7.87. The molecule has 106 valence electrons. The van der Waals surface area contributed by atoms with Gasteiger partial charge < -0.3 is 5.32 Å². The minimum Gasteiger partial charge on any atom is -0.305 e. The molecule has 0 aliphatic rings. The highest BCUT2D eigenvalue weighted by Crippen LogP contribution is 2.28. The lowest BCUT2D eigenvalue weighted by molar-refractivity contribution is -0.385. The molecule has 0 aliphatic heterocycles. The Morgan fingerprint density at radius 3 is 2.80 bits per heavy atom. The number of nitrogens with zero attached hydrogens (tertiary/aromatic N) is 1. The van der Waals surface area contributed by atoms with E-state index in [1.54, 1.807) is 12.1 Å². The van der Waals surface area contributed by atoms with E-state index < -0.39 is 0 Å². The summed E-state index contributed by atoms with van der Waals surface area (Å²) >= 11 is 10.7. The Kier molecular flexibility index (Phi) is 5.15. The van der Waals surface area contributed by atoms with Crippen molar-refractivity contribution in [3.05, 3.63) is 59.7 Å². The van der Waals surface area contributed by atoms with E-state index in [2.05, 4.69) is 21.2 Å². The van der Waals surface area contributed by atoms with Gasteiger partial charge in [-0.1, -0.05) is 27.5 Å². The molecule has 0 radical (unpaired) electrons. The molecule has 0 bridgehead atoms. The zero-order chi connectivity index (χ0) is 14.7. The van der Waals surface area contributed by atoms with E-state index in [1.165, 1.54) is 17.4 Å². The topological polar surface area (TPSA) is 55.2 Å². The molecule has 1 aromatic heterocycles. The monoisotopic (exact) mass is 374 g/mol. The van der Waals surface area contributed by atoms with Crippen molar-refractivity contribution in [2.24, 2.45) is 0 Å². The second-order valence-corrected chi connectivity index (χ2v) is 6.94. The third-order valence-corrected chi connectivity index (χ3v) is 4.77. The molecule has 0 saturated carbocycles. The molecular weight excluding hydrogens is 364 g/mol. The predicted octanol–water partition coefficient (Wildman–Crippen LogP) is 4.92. The standard InChI is InChI=1S/C13H12BrClN2O2S/c1-8(12-4-5-13(15)20-12)16-7-9-2-3-10(14)6-11(9)17(18)19/h2-6,8,16H,7H2,1H3. The second kappa shape index (κ2) is 6.67. The van der Waals surface area contributed by atoms with Gasteiger partial charge in [0.1, 0.15) is 0 Å². The van der Waals surface area contributed by atoms with Crippen molar-refractivity contribution < 1.29 is 4.92 Å². The van der Waals surface area contributed by atoms with Crippen LogP contribution in [0.2, 0.25) is 4.34 Å². The minimum atomic E-state index is -0.367. The van der Waals surface area contributed by atoms with Crippen molar-refractivity contribution in [2.75, 3.05) is 0 Å². The van der Waals surface area contributed by atoms with Crippen LogP contribution in [0.5, 0.6) is 0 Å². The van der Waals surface area contributed by atoms with E-state index >= 15 is 0 Å². The van der Waals surface area contributed by atoms with Crippen LogP contribution in [0, 0.1) is 10.1 Å². The maximum Gasteiger partial charge on any atom is 0.275 e. The summed E-state index contributed by atoms with van der Waals surface area (Å²) in [4.78, 5) is 11.8. The van der Waals surface area contributed by atoms with E-state index in [4.69, 9.17) is 11.6 Å². The first-order valence-electron chi connectivity index (χ1n) is 5.89. The van der Waals surface area contributed by atoms with Crippen LogP contribution >= 0.6 is 38.9 Å². The molecule has 0 fully saturated rings. The Bertz CT molecular complexity index is 633. The average molecular weight is 376 g/mol. The molecular formula is C13H12BrClN2O2S. The molecule has 1 heterocycles. The highest BCUT2D eigenvalue weighted by atomic mass is 79.9. The summed E-state index contributed by atoms with van der Waals surface area (Å²) in [7, 11) is 0. The Morgan fingerprint density at radius 2 is 2.20 bits per heavy atom. The summed E-state index contributed by atoms with van der Waals surface area (Å²) in [5.41, 5.74) is 0.774. The molecule has 20 heavy (non-hydrogen) atoms. The number of benzene rings is 1. The van der Waals surface area contributed by atoms with Gasteiger partial charge in [-0.25, -0.2) is 0 Å². The van der Waals surface area contributed by atoms with Gasteiger partial charge in [0.2, 0.25) is 0 Å². The molecule has 0 aliphatic carbocycles. The predicted molar refractivity (Wildman–Crippen MR) is 85.4 cm³/mol. The van der Waals surface area contributed by atoms with Crippen LogP contribution in [-0.4, -0.2) is 4.92 Å². The smallest absolute Gasteiger partial charge is 0.275 e. The van der Waals surface area contributed by atoms with Gasteiger partial charge in [0, 0.05) is 33.6 Å². The van der Waals surface area contributed by atoms with Crippen LogP contribution < -0.4 is 5.32 Å². The third-order valence-electron chi connectivity index (χ3n) is 2.86. The third kappa shape index (κ3) is 3.79.